The lowest BCUT2D eigenvalue weighted by Gasteiger charge is -2.06. The molecule has 1 saturated carbocycles. The van der Waals surface area contributed by atoms with E-state index in [1.807, 2.05) is 0 Å². The minimum atomic E-state index is -0.543. The predicted molar refractivity (Wildman–Crippen MR) is 64.8 cm³/mol. The third-order valence-electron chi connectivity index (χ3n) is 2.63. The lowest BCUT2D eigenvalue weighted by molar-refractivity contribution is -0.385. The molecule has 1 aliphatic carbocycles. The van der Waals surface area contributed by atoms with Crippen molar-refractivity contribution >= 4 is 11.6 Å². The first-order valence-electron chi connectivity index (χ1n) is 5.84. The number of nitro benzene ring substituents is 1. The Morgan fingerprint density at radius 2 is 2.28 bits per heavy atom. The van der Waals surface area contributed by atoms with Crippen LogP contribution in [0.4, 0.5) is 5.69 Å². The molecular formula is C12H14N2O4. The molecule has 96 valence electrons. The Morgan fingerprint density at radius 3 is 2.83 bits per heavy atom. The summed E-state index contributed by atoms with van der Waals surface area (Å²) in [5.74, 6) is -0.0888. The third-order valence-corrected chi connectivity index (χ3v) is 2.63. The van der Waals surface area contributed by atoms with E-state index < -0.39 is 4.92 Å². The van der Waals surface area contributed by atoms with Crippen LogP contribution in [0, 0.1) is 10.1 Å². The molecule has 6 nitrogen and oxygen atoms in total. The van der Waals surface area contributed by atoms with Crippen molar-refractivity contribution in [3.8, 4) is 5.75 Å². The maximum atomic E-state index is 11.8. The number of benzene rings is 1. The summed E-state index contributed by atoms with van der Waals surface area (Å²) in [5.41, 5.74) is 0.109. The number of carbonyl (C=O) groups is 1. The number of ether oxygens (including phenoxy) is 1. The minimum Gasteiger partial charge on any atom is -0.487 e. The number of nitrogens with one attached hydrogen (secondary N) is 1. The van der Waals surface area contributed by atoms with E-state index in [0.717, 1.165) is 12.8 Å². The smallest absolute Gasteiger partial charge is 0.311 e. The molecule has 0 bridgehead atoms. The first kappa shape index (κ1) is 12.3. The standard InChI is InChI=1S/C12H14N2O4/c1-2-18-11-6-3-8(7-10(11)14(16)17)12(15)13-9-4-5-9/h3,6-7,9H,2,4-5H2,1H3,(H,13,15). The highest BCUT2D eigenvalue weighted by Gasteiger charge is 2.25. The number of amides is 1. The van der Waals surface area contributed by atoms with Crippen LogP contribution in [0.3, 0.4) is 0 Å². The fraction of sp³-hybridized carbons (Fsp3) is 0.417. The van der Waals surface area contributed by atoms with E-state index in [4.69, 9.17) is 4.74 Å². The molecule has 1 fully saturated rings. The van der Waals surface area contributed by atoms with Gasteiger partial charge in [-0.1, -0.05) is 0 Å². The van der Waals surface area contributed by atoms with E-state index in [2.05, 4.69) is 5.32 Å². The maximum absolute atomic E-state index is 11.8. The molecule has 1 aromatic rings. The van der Waals surface area contributed by atoms with E-state index in [9.17, 15) is 14.9 Å². The van der Waals surface area contributed by atoms with Crippen LogP contribution < -0.4 is 10.1 Å². The molecule has 0 atom stereocenters. The van der Waals surface area contributed by atoms with Crippen LogP contribution in [-0.2, 0) is 0 Å². The van der Waals surface area contributed by atoms with Crippen molar-refractivity contribution in [2.75, 3.05) is 6.61 Å². The summed E-state index contributed by atoms with van der Waals surface area (Å²) in [6.45, 7) is 2.09. The molecule has 6 heteroatoms. The molecule has 0 saturated heterocycles. The van der Waals surface area contributed by atoms with Gasteiger partial charge in [-0.15, -0.1) is 0 Å². The van der Waals surface area contributed by atoms with Crippen LogP contribution in [0.2, 0.25) is 0 Å². The molecule has 1 N–H and O–H groups in total. The number of carbonyl (C=O) groups excluding carboxylic acids is 1. The Morgan fingerprint density at radius 1 is 1.56 bits per heavy atom. The summed E-state index contributed by atoms with van der Waals surface area (Å²) < 4.78 is 5.15. The predicted octanol–water partition coefficient (Wildman–Crippen LogP) is 1.89. The fourth-order valence-electron chi connectivity index (χ4n) is 1.58. The molecular weight excluding hydrogens is 236 g/mol. The van der Waals surface area contributed by atoms with Gasteiger partial charge in [-0.25, -0.2) is 0 Å². The normalized spacial score (nSPS) is 14.1. The molecule has 0 radical (unpaired) electrons. The van der Waals surface area contributed by atoms with Crippen LogP contribution in [0.1, 0.15) is 30.1 Å². The molecule has 0 spiro atoms. The SMILES string of the molecule is CCOc1ccc(C(=O)NC2CC2)cc1[N+](=O)[O-]. The van der Waals surface area contributed by atoms with Gasteiger partial charge in [-0.3, -0.25) is 14.9 Å². The molecule has 2 rings (SSSR count). The second-order valence-electron chi connectivity index (χ2n) is 4.12. The van der Waals surface area contributed by atoms with Crippen LogP contribution in [0.15, 0.2) is 18.2 Å². The van der Waals surface area contributed by atoms with E-state index >= 15 is 0 Å². The Hall–Kier alpha value is -2.11. The summed E-state index contributed by atoms with van der Waals surface area (Å²) in [7, 11) is 0. The van der Waals surface area contributed by atoms with Crippen molar-refractivity contribution in [1.29, 1.82) is 0 Å². The highest BCUT2D eigenvalue weighted by molar-refractivity contribution is 5.95. The number of nitrogens with zero attached hydrogens (tertiary/aromatic N) is 1. The van der Waals surface area contributed by atoms with Crippen molar-refractivity contribution in [2.45, 2.75) is 25.8 Å². The summed E-state index contributed by atoms with van der Waals surface area (Å²) in [6, 6.07) is 4.48. The second-order valence-corrected chi connectivity index (χ2v) is 4.12. The number of hydrogen-bond acceptors (Lipinski definition) is 4. The average Bonchev–Trinajstić information content (AvgIpc) is 3.13. The summed E-state index contributed by atoms with van der Waals surface area (Å²) >= 11 is 0. The van der Waals surface area contributed by atoms with Crippen molar-refractivity contribution in [3.05, 3.63) is 33.9 Å². The van der Waals surface area contributed by atoms with Crippen LogP contribution in [-0.4, -0.2) is 23.5 Å². The van der Waals surface area contributed by atoms with Gasteiger partial charge in [-0.2, -0.15) is 0 Å². The van der Waals surface area contributed by atoms with Gasteiger partial charge < -0.3 is 10.1 Å². The van der Waals surface area contributed by atoms with Gasteiger partial charge in [0.2, 0.25) is 0 Å². The van der Waals surface area contributed by atoms with Gasteiger partial charge in [0.1, 0.15) is 0 Å². The molecule has 1 aliphatic rings. The van der Waals surface area contributed by atoms with Gasteiger partial charge in [0.25, 0.3) is 5.91 Å². The Labute approximate surface area is 104 Å². The molecule has 0 aromatic heterocycles. The van der Waals surface area contributed by atoms with E-state index in [0.29, 0.717) is 6.61 Å². The molecule has 0 heterocycles. The van der Waals surface area contributed by atoms with Crippen LogP contribution >= 0.6 is 0 Å². The summed E-state index contributed by atoms with van der Waals surface area (Å²) in [5, 5.41) is 13.7. The zero-order chi connectivity index (χ0) is 13.1. The van der Waals surface area contributed by atoms with Gasteiger partial charge in [-0.05, 0) is 31.9 Å². The zero-order valence-corrected chi connectivity index (χ0v) is 10.0. The lowest BCUT2D eigenvalue weighted by atomic mass is 10.1. The van der Waals surface area contributed by atoms with Gasteiger partial charge in [0, 0.05) is 17.7 Å². The Bertz CT molecular complexity index is 483. The second kappa shape index (κ2) is 5.03. The van der Waals surface area contributed by atoms with Crippen LogP contribution in [0.25, 0.3) is 0 Å². The molecule has 1 amide bonds. The summed E-state index contributed by atoms with van der Waals surface area (Å²) in [4.78, 5) is 22.1. The third kappa shape index (κ3) is 2.77. The Balaban J connectivity index is 2.23. The van der Waals surface area contributed by atoms with Gasteiger partial charge in [0.05, 0.1) is 11.5 Å². The van der Waals surface area contributed by atoms with Crippen LogP contribution in [0.5, 0.6) is 5.75 Å². The maximum Gasteiger partial charge on any atom is 0.311 e. The number of nitro groups is 1. The fourth-order valence-corrected chi connectivity index (χ4v) is 1.58. The van der Waals surface area contributed by atoms with Crippen molar-refractivity contribution in [3.63, 3.8) is 0 Å². The monoisotopic (exact) mass is 250 g/mol. The first-order valence-corrected chi connectivity index (χ1v) is 5.84. The van der Waals surface area contributed by atoms with Gasteiger partial charge >= 0.3 is 5.69 Å². The molecule has 1 aromatic carbocycles. The first-order chi connectivity index (χ1) is 8.61. The highest BCUT2D eigenvalue weighted by Crippen LogP contribution is 2.28. The van der Waals surface area contributed by atoms with Gasteiger partial charge in [0.15, 0.2) is 5.75 Å². The quantitative estimate of drug-likeness (QED) is 0.639. The van der Waals surface area contributed by atoms with E-state index in [1.165, 1.54) is 18.2 Å². The highest BCUT2D eigenvalue weighted by atomic mass is 16.6. The topological polar surface area (TPSA) is 81.5 Å². The van der Waals surface area contributed by atoms with E-state index in [1.54, 1.807) is 6.92 Å². The number of hydrogen-bond donors (Lipinski definition) is 1. The lowest BCUT2D eigenvalue weighted by Crippen LogP contribution is -2.25. The summed E-state index contributed by atoms with van der Waals surface area (Å²) in [6.07, 6.45) is 1.95. The average molecular weight is 250 g/mol. The zero-order valence-electron chi connectivity index (χ0n) is 10.0. The molecule has 18 heavy (non-hydrogen) atoms. The van der Waals surface area contributed by atoms with Crippen molar-refractivity contribution in [1.82, 2.24) is 5.32 Å². The van der Waals surface area contributed by atoms with Crippen molar-refractivity contribution < 1.29 is 14.5 Å². The largest absolute Gasteiger partial charge is 0.487 e. The molecule has 0 unspecified atom stereocenters. The van der Waals surface area contributed by atoms with Crippen molar-refractivity contribution in [2.24, 2.45) is 0 Å². The number of rotatable bonds is 5. The van der Waals surface area contributed by atoms with E-state index in [-0.39, 0.29) is 28.9 Å². The minimum absolute atomic E-state index is 0.180. The molecule has 0 aliphatic heterocycles. The Kier molecular flexibility index (Phi) is 3.45.